The van der Waals surface area contributed by atoms with Gasteiger partial charge >= 0.3 is 6.18 Å². The highest BCUT2D eigenvalue weighted by molar-refractivity contribution is 6.25. The Balaban J connectivity index is 1.25. The molecule has 0 bridgehead atoms. The van der Waals surface area contributed by atoms with Crippen molar-refractivity contribution in [2.45, 2.75) is 13.1 Å². The summed E-state index contributed by atoms with van der Waals surface area (Å²) in [6.07, 6.45) is -4.56. The molecule has 0 saturated carbocycles. The van der Waals surface area contributed by atoms with Crippen LogP contribution in [0.4, 0.5) is 13.2 Å². The summed E-state index contributed by atoms with van der Waals surface area (Å²) in [5, 5.41) is 18.9. The minimum absolute atomic E-state index is 0.345. The molecule has 0 aliphatic heterocycles. The predicted octanol–water partition coefficient (Wildman–Crippen LogP) is 14.5. The SMILES string of the molecule is Cc1cc(-c2cc(-n3c4ccccc4c4c5oc6ccccc6c5ccc43)c(C#N)c(-n3c4ccccc4c4c5oc6ccccc6c5ccc43)c2)cc(C(F)(F)F)c1. The molecule has 0 amide bonds. The summed E-state index contributed by atoms with van der Waals surface area (Å²) in [5.74, 6) is 0. The van der Waals surface area contributed by atoms with Crippen molar-refractivity contribution >= 4 is 87.5 Å². The van der Waals surface area contributed by atoms with E-state index in [-0.39, 0.29) is 0 Å². The topological polar surface area (TPSA) is 59.9 Å². The summed E-state index contributed by atoms with van der Waals surface area (Å²) in [5.41, 5.74) is 8.22. The average Bonchev–Trinajstić information content (AvgIpc) is 4.00. The molecule has 0 aliphatic carbocycles. The first-order valence-electron chi connectivity index (χ1n) is 19.2. The maximum atomic E-state index is 14.4. The maximum Gasteiger partial charge on any atom is 0.416 e. The lowest BCUT2D eigenvalue weighted by atomic mass is 9.96. The van der Waals surface area contributed by atoms with Crippen LogP contribution in [0.25, 0.3) is 110 Å². The van der Waals surface area contributed by atoms with Gasteiger partial charge in [-0.15, -0.1) is 0 Å². The molecule has 0 saturated heterocycles. The predicted molar refractivity (Wildman–Crippen MR) is 230 cm³/mol. The number of benzene rings is 8. The Labute approximate surface area is 332 Å². The van der Waals surface area contributed by atoms with E-state index in [0.717, 1.165) is 93.6 Å². The molecule has 59 heavy (non-hydrogen) atoms. The molecule has 0 spiro atoms. The molecule has 12 aromatic rings. The maximum absolute atomic E-state index is 14.4. The van der Waals surface area contributed by atoms with Crippen LogP contribution in [-0.2, 0) is 6.18 Å². The van der Waals surface area contributed by atoms with Crippen molar-refractivity contribution in [2.75, 3.05) is 0 Å². The third kappa shape index (κ3) is 4.67. The van der Waals surface area contributed by atoms with E-state index in [9.17, 15) is 18.4 Å². The fourth-order valence-corrected chi connectivity index (χ4v) is 9.35. The fourth-order valence-electron chi connectivity index (χ4n) is 9.35. The minimum atomic E-state index is -4.56. The van der Waals surface area contributed by atoms with Gasteiger partial charge in [0.25, 0.3) is 0 Å². The van der Waals surface area contributed by atoms with Gasteiger partial charge in [0.15, 0.2) is 0 Å². The van der Waals surface area contributed by atoms with Crippen molar-refractivity contribution in [1.29, 1.82) is 5.26 Å². The van der Waals surface area contributed by atoms with Gasteiger partial charge in [-0.25, -0.2) is 0 Å². The zero-order valence-electron chi connectivity index (χ0n) is 31.2. The van der Waals surface area contributed by atoms with Crippen LogP contribution in [0.3, 0.4) is 0 Å². The van der Waals surface area contributed by atoms with Crippen molar-refractivity contribution in [3.63, 3.8) is 0 Å². The fraction of sp³-hybridized carbons (Fsp3) is 0.0392. The Bertz CT molecular complexity index is 3610. The summed E-state index contributed by atoms with van der Waals surface area (Å²) in [6.45, 7) is 1.67. The molecule has 0 N–H and O–H groups in total. The third-order valence-corrected chi connectivity index (χ3v) is 11.8. The van der Waals surface area contributed by atoms with Crippen molar-refractivity contribution in [2.24, 2.45) is 0 Å². The number of hydrogen-bond donors (Lipinski definition) is 0. The highest BCUT2D eigenvalue weighted by Gasteiger charge is 2.32. The Morgan fingerprint density at radius 1 is 0.492 bits per heavy atom. The molecule has 0 atom stereocenters. The summed E-state index contributed by atoms with van der Waals surface area (Å²) < 4.78 is 60.5. The Kier molecular flexibility index (Phi) is 6.73. The summed E-state index contributed by atoms with van der Waals surface area (Å²) in [6, 6.07) is 50.3. The second kappa shape index (κ2) is 11.9. The minimum Gasteiger partial charge on any atom is -0.455 e. The first kappa shape index (κ1) is 33.4. The standard InChI is InChI=1S/C51H28F3N3O2/c1-28-22-29(24-31(23-28)51(52,53)54)30-25-43(56-39-14-6-2-12-36(39)47-41(56)20-18-34-32-10-4-8-16-45(32)58-49(34)47)38(27-55)44(26-30)57-40-15-7-3-13-37(40)48-42(57)21-19-35-33-11-5-9-17-46(33)59-50(35)48/h2-26H,1H3. The molecule has 0 radical (unpaired) electrons. The average molecular weight is 772 g/mol. The largest absolute Gasteiger partial charge is 0.455 e. The number of halogens is 3. The van der Waals surface area contributed by atoms with Crippen LogP contribution in [-0.4, -0.2) is 9.13 Å². The smallest absolute Gasteiger partial charge is 0.416 e. The lowest BCUT2D eigenvalue weighted by Crippen LogP contribution is -2.07. The van der Waals surface area contributed by atoms with Gasteiger partial charge in [0, 0.05) is 32.3 Å². The van der Waals surface area contributed by atoms with Gasteiger partial charge in [0.1, 0.15) is 34.0 Å². The third-order valence-electron chi connectivity index (χ3n) is 11.8. The zero-order chi connectivity index (χ0) is 39.7. The number of nitriles is 1. The van der Waals surface area contributed by atoms with Crippen LogP contribution < -0.4 is 0 Å². The summed E-state index contributed by atoms with van der Waals surface area (Å²) in [7, 11) is 0. The van der Waals surface area contributed by atoms with E-state index >= 15 is 0 Å². The lowest BCUT2D eigenvalue weighted by Gasteiger charge is -2.19. The number of hydrogen-bond acceptors (Lipinski definition) is 3. The molecule has 0 aliphatic rings. The first-order chi connectivity index (χ1) is 28.8. The molecule has 8 heteroatoms. The van der Waals surface area contributed by atoms with Gasteiger partial charge in [-0.2, -0.15) is 18.4 Å². The number of alkyl halides is 3. The van der Waals surface area contributed by atoms with E-state index in [1.165, 1.54) is 6.07 Å². The molecule has 0 fully saturated rings. The van der Waals surface area contributed by atoms with E-state index in [4.69, 9.17) is 8.83 Å². The summed E-state index contributed by atoms with van der Waals surface area (Å²) >= 11 is 0. The number of para-hydroxylation sites is 4. The highest BCUT2D eigenvalue weighted by Crippen LogP contribution is 2.45. The zero-order valence-corrected chi connectivity index (χ0v) is 31.2. The van der Waals surface area contributed by atoms with Crippen molar-refractivity contribution in [1.82, 2.24) is 9.13 Å². The van der Waals surface area contributed by atoms with E-state index in [1.807, 2.05) is 133 Å². The first-order valence-corrected chi connectivity index (χ1v) is 19.2. The van der Waals surface area contributed by atoms with Crippen molar-refractivity contribution in [3.05, 3.63) is 168 Å². The van der Waals surface area contributed by atoms with E-state index in [1.54, 1.807) is 13.0 Å². The Hall–Kier alpha value is -7.76. The van der Waals surface area contributed by atoms with Crippen molar-refractivity contribution < 1.29 is 22.0 Å². The van der Waals surface area contributed by atoms with Gasteiger partial charge in [0.2, 0.25) is 0 Å². The van der Waals surface area contributed by atoms with Crippen LogP contribution in [0.5, 0.6) is 0 Å². The second-order valence-corrected chi connectivity index (χ2v) is 15.2. The number of furan rings is 2. The van der Waals surface area contributed by atoms with E-state index < -0.39 is 11.7 Å². The lowest BCUT2D eigenvalue weighted by molar-refractivity contribution is -0.137. The van der Waals surface area contributed by atoms with Crippen LogP contribution in [0, 0.1) is 18.3 Å². The molecular weight excluding hydrogens is 744 g/mol. The monoisotopic (exact) mass is 771 g/mol. The molecule has 280 valence electrons. The number of nitrogens with zero attached hydrogens (tertiary/aromatic N) is 3. The van der Waals surface area contributed by atoms with Crippen LogP contribution >= 0.6 is 0 Å². The number of aryl methyl sites for hydroxylation is 1. The van der Waals surface area contributed by atoms with Gasteiger partial charge in [0.05, 0.1) is 49.8 Å². The van der Waals surface area contributed by atoms with Gasteiger partial charge in [-0.05, 0) is 96.4 Å². The quantitative estimate of drug-likeness (QED) is 0.180. The number of fused-ring (bicyclic) bond motifs is 14. The van der Waals surface area contributed by atoms with Gasteiger partial charge in [-0.3, -0.25) is 0 Å². The van der Waals surface area contributed by atoms with E-state index in [0.29, 0.717) is 33.6 Å². The van der Waals surface area contributed by atoms with Crippen LogP contribution in [0.1, 0.15) is 16.7 Å². The highest BCUT2D eigenvalue weighted by atomic mass is 19.4. The Morgan fingerprint density at radius 3 is 1.44 bits per heavy atom. The van der Waals surface area contributed by atoms with Crippen molar-refractivity contribution in [3.8, 4) is 28.6 Å². The van der Waals surface area contributed by atoms with Gasteiger partial charge in [-0.1, -0.05) is 78.9 Å². The molecule has 5 nitrogen and oxygen atoms in total. The molecule has 0 unspecified atom stereocenters. The van der Waals surface area contributed by atoms with Gasteiger partial charge < -0.3 is 18.0 Å². The summed E-state index contributed by atoms with van der Waals surface area (Å²) in [4.78, 5) is 0. The number of aromatic nitrogens is 2. The molecule has 4 aromatic heterocycles. The normalized spacial score (nSPS) is 12.4. The van der Waals surface area contributed by atoms with Crippen LogP contribution in [0.15, 0.2) is 160 Å². The second-order valence-electron chi connectivity index (χ2n) is 15.2. The van der Waals surface area contributed by atoms with E-state index in [2.05, 4.69) is 15.2 Å². The molecule has 8 aromatic carbocycles. The van der Waals surface area contributed by atoms with Crippen LogP contribution in [0.2, 0.25) is 0 Å². The molecule has 12 rings (SSSR count). The Morgan fingerprint density at radius 2 is 0.949 bits per heavy atom. The molecule has 4 heterocycles. The number of rotatable bonds is 3. The molecular formula is C51H28F3N3O2.